The van der Waals surface area contributed by atoms with Crippen LogP contribution in [-0.2, 0) is 6.54 Å². The lowest BCUT2D eigenvalue weighted by atomic mass is 9.96. The zero-order valence-corrected chi connectivity index (χ0v) is 16.9. The van der Waals surface area contributed by atoms with Gasteiger partial charge in [0, 0.05) is 12.6 Å². The van der Waals surface area contributed by atoms with Crippen LogP contribution in [0.25, 0.3) is 0 Å². The topological polar surface area (TPSA) is 30.5 Å². The van der Waals surface area contributed by atoms with E-state index in [0.717, 1.165) is 22.5 Å². The second kappa shape index (κ2) is 11.8. The van der Waals surface area contributed by atoms with E-state index in [4.69, 9.17) is 9.47 Å². The van der Waals surface area contributed by atoms with Crippen molar-refractivity contribution in [3.63, 3.8) is 0 Å². The summed E-state index contributed by atoms with van der Waals surface area (Å²) in [5, 5.41) is 3.71. The Morgan fingerprint density at radius 2 is 1.88 bits per heavy atom. The Morgan fingerprint density at radius 1 is 1.21 bits per heavy atom. The van der Waals surface area contributed by atoms with Gasteiger partial charge in [-0.15, -0.1) is 12.4 Å². The maximum absolute atomic E-state index is 5.68. The Kier molecular flexibility index (Phi) is 10.5. The minimum absolute atomic E-state index is 0. The summed E-state index contributed by atoms with van der Waals surface area (Å²) in [5.74, 6) is 1.50. The van der Waals surface area contributed by atoms with Crippen LogP contribution in [0.2, 0.25) is 0 Å². The van der Waals surface area contributed by atoms with Crippen molar-refractivity contribution >= 4 is 28.3 Å². The van der Waals surface area contributed by atoms with Crippen molar-refractivity contribution < 1.29 is 9.47 Å². The number of methoxy groups -OCH3 is 1. The Balaban J connectivity index is 0.00000288. The van der Waals surface area contributed by atoms with Crippen molar-refractivity contribution in [1.29, 1.82) is 0 Å². The second-order valence-electron chi connectivity index (χ2n) is 6.13. The monoisotopic (exact) mass is 417 g/mol. The standard InChI is InChI=1S/C19H28BrNO2.ClH/c1-3-11-23-19-17(20)12-15(13-18(19)22-2)14-21-16-9-7-5-4-6-8-10-16;/h3,12-13,16,21H,1,4-11,14H2,2H3;1H. The maximum atomic E-state index is 5.68. The fraction of sp³-hybridized carbons (Fsp3) is 0.579. The molecule has 0 radical (unpaired) electrons. The highest BCUT2D eigenvalue weighted by atomic mass is 79.9. The fourth-order valence-corrected chi connectivity index (χ4v) is 3.68. The summed E-state index contributed by atoms with van der Waals surface area (Å²) in [5.41, 5.74) is 1.21. The molecule has 1 N–H and O–H groups in total. The molecule has 2 rings (SSSR count). The minimum atomic E-state index is 0. The van der Waals surface area contributed by atoms with Crippen molar-refractivity contribution in [2.75, 3.05) is 13.7 Å². The molecule has 1 aromatic rings. The van der Waals surface area contributed by atoms with Crippen LogP contribution in [0.15, 0.2) is 29.3 Å². The highest BCUT2D eigenvalue weighted by Crippen LogP contribution is 2.36. The normalized spacial score (nSPS) is 15.8. The van der Waals surface area contributed by atoms with Gasteiger partial charge in [-0.3, -0.25) is 0 Å². The summed E-state index contributed by atoms with van der Waals surface area (Å²) in [6.45, 7) is 5.01. The van der Waals surface area contributed by atoms with Gasteiger partial charge in [0.05, 0.1) is 11.6 Å². The lowest BCUT2D eigenvalue weighted by Gasteiger charge is -2.21. The van der Waals surface area contributed by atoms with Crippen molar-refractivity contribution in [3.05, 3.63) is 34.8 Å². The zero-order chi connectivity index (χ0) is 16.5. The van der Waals surface area contributed by atoms with Crippen molar-refractivity contribution in [2.24, 2.45) is 0 Å². The number of benzene rings is 1. The van der Waals surface area contributed by atoms with E-state index >= 15 is 0 Å². The molecule has 0 heterocycles. The number of ether oxygens (including phenoxy) is 2. The number of hydrogen-bond acceptors (Lipinski definition) is 3. The van der Waals surface area contributed by atoms with Gasteiger partial charge in [-0.05, 0) is 46.5 Å². The Bertz CT molecular complexity index is 502. The zero-order valence-electron chi connectivity index (χ0n) is 14.5. The van der Waals surface area contributed by atoms with E-state index in [1.54, 1.807) is 13.2 Å². The molecule has 3 nitrogen and oxygen atoms in total. The van der Waals surface area contributed by atoms with Crippen molar-refractivity contribution in [2.45, 2.75) is 57.5 Å². The first-order chi connectivity index (χ1) is 11.2. The first-order valence-corrected chi connectivity index (χ1v) is 9.37. The van der Waals surface area contributed by atoms with Crippen LogP contribution in [0.1, 0.15) is 50.5 Å². The van der Waals surface area contributed by atoms with E-state index in [1.165, 1.54) is 50.5 Å². The van der Waals surface area contributed by atoms with Gasteiger partial charge in [0.1, 0.15) is 6.61 Å². The van der Waals surface area contributed by atoms with Crippen molar-refractivity contribution in [1.82, 2.24) is 5.32 Å². The number of nitrogens with one attached hydrogen (secondary N) is 1. The van der Waals surface area contributed by atoms with Gasteiger partial charge in [0.25, 0.3) is 0 Å². The number of hydrogen-bond donors (Lipinski definition) is 1. The third-order valence-electron chi connectivity index (χ3n) is 4.33. The smallest absolute Gasteiger partial charge is 0.175 e. The predicted octanol–water partition coefficient (Wildman–Crippen LogP) is 5.65. The SMILES string of the molecule is C=CCOc1c(Br)cc(CNC2CCCCCCC2)cc1OC.Cl. The van der Waals surface area contributed by atoms with Crippen LogP contribution < -0.4 is 14.8 Å². The van der Waals surface area contributed by atoms with E-state index in [-0.39, 0.29) is 12.4 Å². The largest absolute Gasteiger partial charge is 0.493 e. The highest BCUT2D eigenvalue weighted by molar-refractivity contribution is 9.10. The highest BCUT2D eigenvalue weighted by Gasteiger charge is 2.14. The van der Waals surface area contributed by atoms with Crippen molar-refractivity contribution in [3.8, 4) is 11.5 Å². The first-order valence-electron chi connectivity index (χ1n) is 8.58. The molecule has 1 aliphatic carbocycles. The average Bonchev–Trinajstić information content (AvgIpc) is 2.52. The lowest BCUT2D eigenvalue weighted by Crippen LogP contribution is -2.29. The lowest BCUT2D eigenvalue weighted by molar-refractivity contribution is 0.324. The Morgan fingerprint density at radius 3 is 2.50 bits per heavy atom. The average molecular weight is 419 g/mol. The second-order valence-corrected chi connectivity index (χ2v) is 6.99. The van der Waals surface area contributed by atoms with Gasteiger partial charge in [-0.25, -0.2) is 0 Å². The van der Waals surface area contributed by atoms with Crippen LogP contribution in [0.3, 0.4) is 0 Å². The molecule has 1 saturated carbocycles. The van der Waals surface area contributed by atoms with Crippen LogP contribution in [0, 0.1) is 0 Å². The molecule has 1 aliphatic rings. The molecule has 0 aliphatic heterocycles. The third kappa shape index (κ3) is 6.66. The maximum Gasteiger partial charge on any atom is 0.175 e. The summed E-state index contributed by atoms with van der Waals surface area (Å²) in [6.07, 6.45) is 11.2. The van der Waals surface area contributed by atoms with Crippen LogP contribution >= 0.6 is 28.3 Å². The molecular weight excluding hydrogens is 390 g/mol. The van der Waals surface area contributed by atoms with Gasteiger partial charge >= 0.3 is 0 Å². The summed E-state index contributed by atoms with van der Waals surface area (Å²) in [7, 11) is 1.68. The van der Waals surface area contributed by atoms with E-state index in [1.807, 2.05) is 0 Å². The fourth-order valence-electron chi connectivity index (χ4n) is 3.08. The predicted molar refractivity (Wildman–Crippen MR) is 107 cm³/mol. The van der Waals surface area contributed by atoms with Crippen LogP contribution in [-0.4, -0.2) is 19.8 Å². The Labute approximate surface area is 160 Å². The summed E-state index contributed by atoms with van der Waals surface area (Å²) < 4.78 is 12.1. The molecule has 1 aromatic carbocycles. The number of rotatable bonds is 7. The minimum Gasteiger partial charge on any atom is -0.493 e. The molecule has 24 heavy (non-hydrogen) atoms. The van der Waals surface area contributed by atoms with Gasteiger partial charge < -0.3 is 14.8 Å². The molecular formula is C19H29BrClNO2. The molecule has 5 heteroatoms. The summed E-state index contributed by atoms with van der Waals surface area (Å²) >= 11 is 3.59. The molecule has 0 saturated heterocycles. The van der Waals surface area contributed by atoms with Gasteiger partial charge in [0.15, 0.2) is 11.5 Å². The van der Waals surface area contributed by atoms with E-state index in [0.29, 0.717) is 12.6 Å². The molecule has 0 aromatic heterocycles. The quantitative estimate of drug-likeness (QED) is 0.581. The molecule has 0 unspecified atom stereocenters. The van der Waals surface area contributed by atoms with E-state index in [9.17, 15) is 0 Å². The van der Waals surface area contributed by atoms with E-state index in [2.05, 4.69) is 40.0 Å². The van der Waals surface area contributed by atoms with Crippen LogP contribution in [0.4, 0.5) is 0 Å². The molecule has 0 spiro atoms. The van der Waals surface area contributed by atoms with Gasteiger partial charge in [0.2, 0.25) is 0 Å². The third-order valence-corrected chi connectivity index (χ3v) is 4.92. The molecule has 1 fully saturated rings. The summed E-state index contributed by atoms with van der Waals surface area (Å²) in [6, 6.07) is 4.80. The molecule has 0 atom stereocenters. The molecule has 0 amide bonds. The Hall–Kier alpha value is -0.710. The van der Waals surface area contributed by atoms with Crippen LogP contribution in [0.5, 0.6) is 11.5 Å². The number of halogens is 2. The van der Waals surface area contributed by atoms with E-state index < -0.39 is 0 Å². The summed E-state index contributed by atoms with van der Waals surface area (Å²) in [4.78, 5) is 0. The van der Waals surface area contributed by atoms with Gasteiger partial charge in [-0.2, -0.15) is 0 Å². The molecule has 136 valence electrons. The van der Waals surface area contributed by atoms with Gasteiger partial charge in [-0.1, -0.05) is 44.8 Å². The first kappa shape index (κ1) is 21.3. The molecule has 0 bridgehead atoms.